The lowest BCUT2D eigenvalue weighted by atomic mass is 9.83. The van der Waals surface area contributed by atoms with E-state index in [4.69, 9.17) is 9.47 Å². The highest BCUT2D eigenvalue weighted by molar-refractivity contribution is 6.01. The molecule has 29 heavy (non-hydrogen) atoms. The van der Waals surface area contributed by atoms with Gasteiger partial charge >= 0.3 is 11.9 Å². The zero-order chi connectivity index (χ0) is 21.4. The van der Waals surface area contributed by atoms with Gasteiger partial charge in [0, 0.05) is 0 Å². The third-order valence-electron chi connectivity index (χ3n) is 6.42. The van der Waals surface area contributed by atoms with Crippen LogP contribution < -0.4 is 0 Å². The molecule has 0 radical (unpaired) electrons. The molecule has 0 saturated heterocycles. The van der Waals surface area contributed by atoms with E-state index in [9.17, 15) is 14.7 Å². The van der Waals surface area contributed by atoms with E-state index in [1.54, 1.807) is 13.8 Å². The summed E-state index contributed by atoms with van der Waals surface area (Å²) in [6, 6.07) is 0. The number of rotatable bonds is 8. The molecule has 0 aromatic rings. The van der Waals surface area contributed by atoms with Crippen LogP contribution in [0.1, 0.15) is 79.1 Å². The lowest BCUT2D eigenvalue weighted by Crippen LogP contribution is -2.40. The van der Waals surface area contributed by atoms with Gasteiger partial charge in [0.1, 0.15) is 0 Å². The van der Waals surface area contributed by atoms with Gasteiger partial charge in [0.25, 0.3) is 0 Å². The van der Waals surface area contributed by atoms with Crippen molar-refractivity contribution in [1.29, 1.82) is 0 Å². The van der Waals surface area contributed by atoms with Gasteiger partial charge < -0.3 is 14.6 Å². The molecule has 0 spiro atoms. The van der Waals surface area contributed by atoms with Gasteiger partial charge in [-0.2, -0.15) is 0 Å². The van der Waals surface area contributed by atoms with Gasteiger partial charge in [-0.15, -0.1) is 0 Å². The van der Waals surface area contributed by atoms with Crippen LogP contribution in [0.4, 0.5) is 0 Å². The summed E-state index contributed by atoms with van der Waals surface area (Å²) in [6.45, 7) is 7.99. The SMILES string of the molecule is CCOC(=O)C1(C(=O)OCC)CC(=C(C)C)C(/C=C/CC(O)C2CCCCC2)C1. The molecule has 5 nitrogen and oxygen atoms in total. The Kier molecular flexibility index (Phi) is 8.94. The van der Waals surface area contributed by atoms with Crippen molar-refractivity contribution in [3.8, 4) is 0 Å². The van der Waals surface area contributed by atoms with E-state index in [0.29, 0.717) is 25.2 Å². The van der Waals surface area contributed by atoms with E-state index >= 15 is 0 Å². The third kappa shape index (κ3) is 5.71. The number of allylic oxidation sites excluding steroid dienone is 3. The number of esters is 2. The fourth-order valence-electron chi connectivity index (χ4n) is 4.79. The van der Waals surface area contributed by atoms with Crippen LogP contribution in [0.3, 0.4) is 0 Å². The normalized spacial score (nSPS) is 23.2. The van der Waals surface area contributed by atoms with Crippen LogP contribution in [-0.2, 0) is 19.1 Å². The minimum Gasteiger partial charge on any atom is -0.465 e. The van der Waals surface area contributed by atoms with Crippen LogP contribution in [-0.4, -0.2) is 36.4 Å². The van der Waals surface area contributed by atoms with Crippen molar-refractivity contribution in [2.45, 2.75) is 85.2 Å². The minimum atomic E-state index is -1.27. The van der Waals surface area contributed by atoms with Crippen molar-refractivity contribution >= 4 is 11.9 Å². The van der Waals surface area contributed by atoms with Crippen molar-refractivity contribution < 1.29 is 24.2 Å². The maximum absolute atomic E-state index is 12.8. The molecule has 0 aromatic heterocycles. The first kappa shape index (κ1) is 23.7. The summed E-state index contributed by atoms with van der Waals surface area (Å²) in [6.07, 6.45) is 11.0. The van der Waals surface area contributed by atoms with Crippen molar-refractivity contribution in [3.63, 3.8) is 0 Å². The van der Waals surface area contributed by atoms with Crippen LogP contribution in [0.25, 0.3) is 0 Å². The molecule has 2 atom stereocenters. The number of carbonyl (C=O) groups is 2. The molecule has 2 aliphatic rings. The first-order valence-electron chi connectivity index (χ1n) is 11.2. The average molecular weight is 407 g/mol. The summed E-state index contributed by atoms with van der Waals surface area (Å²) in [7, 11) is 0. The van der Waals surface area contributed by atoms with E-state index in [1.165, 1.54) is 19.3 Å². The lowest BCUT2D eigenvalue weighted by molar-refractivity contribution is -0.171. The first-order chi connectivity index (χ1) is 13.9. The smallest absolute Gasteiger partial charge is 0.323 e. The van der Waals surface area contributed by atoms with Gasteiger partial charge in [-0.3, -0.25) is 9.59 Å². The lowest BCUT2D eigenvalue weighted by Gasteiger charge is -2.25. The standard InChI is InChI=1S/C24H38O5/c1-5-28-22(26)24(23(27)29-6-2)15-19(20(16-24)17(3)4)13-10-14-21(25)18-11-8-7-9-12-18/h10,13,18-19,21,25H,5-9,11-12,14-16H2,1-4H3/b13-10+. The highest BCUT2D eigenvalue weighted by Crippen LogP contribution is 2.49. The van der Waals surface area contributed by atoms with E-state index in [-0.39, 0.29) is 25.2 Å². The van der Waals surface area contributed by atoms with Gasteiger partial charge in [-0.25, -0.2) is 0 Å². The Labute approximate surface area is 175 Å². The van der Waals surface area contributed by atoms with Gasteiger partial charge in [0.05, 0.1) is 19.3 Å². The zero-order valence-electron chi connectivity index (χ0n) is 18.5. The van der Waals surface area contributed by atoms with E-state index in [2.05, 4.69) is 6.08 Å². The largest absolute Gasteiger partial charge is 0.465 e. The number of hydrogen-bond donors (Lipinski definition) is 1. The van der Waals surface area contributed by atoms with Crippen LogP contribution in [0.2, 0.25) is 0 Å². The predicted molar refractivity (Wildman–Crippen MR) is 113 cm³/mol. The quantitative estimate of drug-likeness (QED) is 0.358. The van der Waals surface area contributed by atoms with Crippen molar-refractivity contribution in [2.24, 2.45) is 17.3 Å². The maximum Gasteiger partial charge on any atom is 0.323 e. The monoisotopic (exact) mass is 406 g/mol. The second-order valence-corrected chi connectivity index (χ2v) is 8.66. The molecule has 0 bridgehead atoms. The molecule has 1 N–H and O–H groups in total. The van der Waals surface area contributed by atoms with Gasteiger partial charge in [-0.1, -0.05) is 42.6 Å². The average Bonchev–Trinajstić information content (AvgIpc) is 3.10. The predicted octanol–water partition coefficient (Wildman–Crippen LogP) is 4.73. The van der Waals surface area contributed by atoms with Crippen LogP contribution in [0.15, 0.2) is 23.3 Å². The Morgan fingerprint density at radius 1 is 1.10 bits per heavy atom. The van der Waals surface area contributed by atoms with E-state index in [1.807, 2.05) is 19.9 Å². The van der Waals surface area contributed by atoms with Gasteiger partial charge in [-0.05, 0) is 71.6 Å². The molecular formula is C24H38O5. The number of hydrogen-bond acceptors (Lipinski definition) is 5. The molecule has 5 heteroatoms. The summed E-state index contributed by atoms with van der Waals surface area (Å²) < 4.78 is 10.5. The number of ether oxygens (including phenoxy) is 2. The summed E-state index contributed by atoms with van der Waals surface area (Å²) in [5, 5.41) is 10.5. The summed E-state index contributed by atoms with van der Waals surface area (Å²) in [5.74, 6) is -0.615. The molecule has 2 saturated carbocycles. The molecule has 2 unspecified atom stereocenters. The fraction of sp³-hybridized carbons (Fsp3) is 0.750. The van der Waals surface area contributed by atoms with Crippen molar-refractivity contribution in [3.05, 3.63) is 23.3 Å². The Bertz CT molecular complexity index is 605. The molecule has 0 heterocycles. The number of carbonyl (C=O) groups excluding carboxylic acids is 2. The molecular weight excluding hydrogens is 368 g/mol. The van der Waals surface area contributed by atoms with Crippen molar-refractivity contribution in [2.75, 3.05) is 13.2 Å². The molecule has 164 valence electrons. The van der Waals surface area contributed by atoms with E-state index in [0.717, 1.165) is 24.0 Å². The second-order valence-electron chi connectivity index (χ2n) is 8.66. The molecule has 2 rings (SSSR count). The maximum atomic E-state index is 12.8. The summed E-state index contributed by atoms with van der Waals surface area (Å²) >= 11 is 0. The third-order valence-corrected chi connectivity index (χ3v) is 6.42. The van der Waals surface area contributed by atoms with Crippen molar-refractivity contribution in [1.82, 2.24) is 0 Å². The van der Waals surface area contributed by atoms with Gasteiger partial charge in [0.2, 0.25) is 0 Å². The molecule has 0 amide bonds. The molecule has 0 aromatic carbocycles. The number of aliphatic hydroxyl groups excluding tert-OH is 1. The Balaban J connectivity index is 2.16. The topological polar surface area (TPSA) is 72.8 Å². The summed E-state index contributed by atoms with van der Waals surface area (Å²) in [4.78, 5) is 25.6. The van der Waals surface area contributed by atoms with E-state index < -0.39 is 17.4 Å². The Hall–Kier alpha value is -1.62. The number of aliphatic hydroxyl groups is 1. The molecule has 0 aliphatic heterocycles. The fourth-order valence-corrected chi connectivity index (χ4v) is 4.79. The minimum absolute atomic E-state index is 0.0210. The first-order valence-corrected chi connectivity index (χ1v) is 11.2. The Morgan fingerprint density at radius 2 is 1.69 bits per heavy atom. The Morgan fingerprint density at radius 3 is 2.21 bits per heavy atom. The highest BCUT2D eigenvalue weighted by atomic mass is 16.6. The highest BCUT2D eigenvalue weighted by Gasteiger charge is 2.55. The van der Waals surface area contributed by atoms with Crippen LogP contribution in [0.5, 0.6) is 0 Å². The zero-order valence-corrected chi connectivity index (χ0v) is 18.5. The summed E-state index contributed by atoms with van der Waals surface area (Å²) in [5.41, 5.74) is 0.938. The van der Waals surface area contributed by atoms with Crippen LogP contribution in [0, 0.1) is 17.3 Å². The molecule has 2 aliphatic carbocycles. The van der Waals surface area contributed by atoms with Crippen LogP contribution >= 0.6 is 0 Å². The van der Waals surface area contributed by atoms with Gasteiger partial charge in [0.15, 0.2) is 5.41 Å². The second kappa shape index (κ2) is 11.0. The molecule has 2 fully saturated rings.